The summed E-state index contributed by atoms with van der Waals surface area (Å²) in [6.45, 7) is 2.46. The second-order valence-corrected chi connectivity index (χ2v) is 5.93. The SMILES string of the molecule is CCOc1cccc(C(=O)Nc2ccc(Oc3ccc(Cl)cc3)cc2)c1. The molecule has 0 saturated carbocycles. The summed E-state index contributed by atoms with van der Waals surface area (Å²) in [5.74, 6) is 1.84. The molecule has 5 heteroatoms. The van der Waals surface area contributed by atoms with Gasteiger partial charge in [-0.2, -0.15) is 0 Å². The van der Waals surface area contributed by atoms with Crippen LogP contribution in [0.3, 0.4) is 0 Å². The van der Waals surface area contributed by atoms with Crippen LogP contribution >= 0.6 is 11.6 Å². The minimum atomic E-state index is -0.196. The zero-order valence-corrected chi connectivity index (χ0v) is 15.0. The molecular formula is C21H18ClNO3. The van der Waals surface area contributed by atoms with Crippen LogP contribution in [0.25, 0.3) is 0 Å². The summed E-state index contributed by atoms with van der Waals surface area (Å²) in [6.07, 6.45) is 0. The van der Waals surface area contributed by atoms with E-state index in [1.54, 1.807) is 66.7 Å². The maximum absolute atomic E-state index is 12.4. The number of hydrogen-bond acceptors (Lipinski definition) is 3. The highest BCUT2D eigenvalue weighted by Gasteiger charge is 2.07. The van der Waals surface area contributed by atoms with Crippen molar-refractivity contribution in [2.24, 2.45) is 0 Å². The van der Waals surface area contributed by atoms with Gasteiger partial charge in [0, 0.05) is 16.3 Å². The van der Waals surface area contributed by atoms with Crippen LogP contribution in [-0.2, 0) is 0 Å². The summed E-state index contributed by atoms with van der Waals surface area (Å²) in [7, 11) is 0. The summed E-state index contributed by atoms with van der Waals surface area (Å²) in [4.78, 5) is 12.4. The first-order chi connectivity index (χ1) is 12.6. The molecule has 0 fully saturated rings. The number of ether oxygens (including phenoxy) is 2. The van der Waals surface area contributed by atoms with Crippen LogP contribution < -0.4 is 14.8 Å². The average Bonchev–Trinajstić information content (AvgIpc) is 2.66. The summed E-state index contributed by atoms with van der Waals surface area (Å²) < 4.78 is 11.2. The third-order valence-corrected chi connectivity index (χ3v) is 3.82. The second kappa shape index (κ2) is 8.41. The van der Waals surface area contributed by atoms with E-state index in [4.69, 9.17) is 21.1 Å². The molecular weight excluding hydrogens is 350 g/mol. The van der Waals surface area contributed by atoms with E-state index >= 15 is 0 Å². The number of nitrogens with one attached hydrogen (secondary N) is 1. The molecule has 3 aromatic rings. The molecule has 26 heavy (non-hydrogen) atoms. The molecule has 3 rings (SSSR count). The first kappa shape index (κ1) is 17.8. The van der Waals surface area contributed by atoms with Crippen molar-refractivity contribution in [2.45, 2.75) is 6.92 Å². The fourth-order valence-electron chi connectivity index (χ4n) is 2.34. The Morgan fingerprint density at radius 3 is 2.23 bits per heavy atom. The van der Waals surface area contributed by atoms with Crippen LogP contribution in [0.2, 0.25) is 5.02 Å². The lowest BCUT2D eigenvalue weighted by Gasteiger charge is -2.09. The Balaban J connectivity index is 1.64. The molecule has 0 aliphatic carbocycles. The van der Waals surface area contributed by atoms with E-state index in [0.717, 1.165) is 0 Å². The van der Waals surface area contributed by atoms with Gasteiger partial charge in [-0.1, -0.05) is 17.7 Å². The van der Waals surface area contributed by atoms with Gasteiger partial charge < -0.3 is 14.8 Å². The van der Waals surface area contributed by atoms with Gasteiger partial charge in [0.1, 0.15) is 17.2 Å². The Morgan fingerprint density at radius 1 is 0.923 bits per heavy atom. The van der Waals surface area contributed by atoms with Crippen LogP contribution in [0.5, 0.6) is 17.2 Å². The molecule has 1 N–H and O–H groups in total. The van der Waals surface area contributed by atoms with Crippen molar-refractivity contribution in [2.75, 3.05) is 11.9 Å². The molecule has 0 aromatic heterocycles. The van der Waals surface area contributed by atoms with Crippen molar-refractivity contribution in [3.8, 4) is 17.2 Å². The quantitative estimate of drug-likeness (QED) is 0.600. The van der Waals surface area contributed by atoms with Crippen LogP contribution in [0.4, 0.5) is 5.69 Å². The van der Waals surface area contributed by atoms with E-state index in [0.29, 0.717) is 40.1 Å². The lowest BCUT2D eigenvalue weighted by atomic mass is 10.2. The number of amides is 1. The molecule has 0 radical (unpaired) electrons. The van der Waals surface area contributed by atoms with Gasteiger partial charge in [-0.05, 0) is 73.7 Å². The maximum Gasteiger partial charge on any atom is 0.255 e. The molecule has 1 amide bonds. The molecule has 4 nitrogen and oxygen atoms in total. The van der Waals surface area contributed by atoms with Crippen molar-refractivity contribution < 1.29 is 14.3 Å². The Bertz CT molecular complexity index is 877. The van der Waals surface area contributed by atoms with Crippen molar-refractivity contribution in [1.82, 2.24) is 0 Å². The predicted octanol–water partition coefficient (Wildman–Crippen LogP) is 5.78. The van der Waals surface area contributed by atoms with Gasteiger partial charge in [0.15, 0.2) is 0 Å². The van der Waals surface area contributed by atoms with Crippen molar-refractivity contribution >= 4 is 23.2 Å². The molecule has 0 aliphatic rings. The number of anilines is 1. The monoisotopic (exact) mass is 367 g/mol. The normalized spacial score (nSPS) is 10.2. The van der Waals surface area contributed by atoms with E-state index in [9.17, 15) is 4.79 Å². The number of rotatable bonds is 6. The number of halogens is 1. The number of carbonyl (C=O) groups excluding carboxylic acids is 1. The zero-order valence-electron chi connectivity index (χ0n) is 14.2. The molecule has 0 heterocycles. The zero-order chi connectivity index (χ0) is 18.4. The van der Waals surface area contributed by atoms with Crippen LogP contribution in [-0.4, -0.2) is 12.5 Å². The van der Waals surface area contributed by atoms with Crippen molar-refractivity contribution in [3.05, 3.63) is 83.4 Å². The highest BCUT2D eigenvalue weighted by atomic mass is 35.5. The first-order valence-electron chi connectivity index (χ1n) is 8.22. The minimum absolute atomic E-state index is 0.196. The molecule has 132 valence electrons. The van der Waals surface area contributed by atoms with Gasteiger partial charge in [-0.15, -0.1) is 0 Å². The molecule has 0 saturated heterocycles. The highest BCUT2D eigenvalue weighted by molar-refractivity contribution is 6.30. The third-order valence-electron chi connectivity index (χ3n) is 3.57. The number of carbonyl (C=O) groups is 1. The summed E-state index contributed by atoms with van der Waals surface area (Å²) in [6, 6.07) is 21.4. The van der Waals surface area contributed by atoms with Gasteiger partial charge in [0.25, 0.3) is 5.91 Å². The Kier molecular flexibility index (Phi) is 5.77. The van der Waals surface area contributed by atoms with Gasteiger partial charge in [-0.3, -0.25) is 4.79 Å². The Hall–Kier alpha value is -2.98. The molecule has 0 atom stereocenters. The lowest BCUT2D eigenvalue weighted by molar-refractivity contribution is 0.102. The van der Waals surface area contributed by atoms with Crippen molar-refractivity contribution in [1.29, 1.82) is 0 Å². The second-order valence-electron chi connectivity index (χ2n) is 5.50. The van der Waals surface area contributed by atoms with Gasteiger partial charge in [0.05, 0.1) is 6.61 Å². The first-order valence-corrected chi connectivity index (χ1v) is 8.59. The summed E-state index contributed by atoms with van der Waals surface area (Å²) in [5.41, 5.74) is 1.22. The lowest BCUT2D eigenvalue weighted by Crippen LogP contribution is -2.11. The summed E-state index contributed by atoms with van der Waals surface area (Å²) in [5, 5.41) is 3.51. The molecule has 0 bridgehead atoms. The average molecular weight is 368 g/mol. The van der Waals surface area contributed by atoms with E-state index in [1.807, 2.05) is 13.0 Å². The minimum Gasteiger partial charge on any atom is -0.494 e. The molecule has 3 aromatic carbocycles. The van der Waals surface area contributed by atoms with Crippen LogP contribution in [0.15, 0.2) is 72.8 Å². The van der Waals surface area contributed by atoms with Gasteiger partial charge in [0.2, 0.25) is 0 Å². The van der Waals surface area contributed by atoms with Gasteiger partial charge in [-0.25, -0.2) is 0 Å². The van der Waals surface area contributed by atoms with E-state index in [2.05, 4.69) is 5.32 Å². The maximum atomic E-state index is 12.4. The number of benzene rings is 3. The Labute approximate surface area is 157 Å². The largest absolute Gasteiger partial charge is 0.494 e. The molecule has 0 aliphatic heterocycles. The molecule has 0 spiro atoms. The summed E-state index contributed by atoms with van der Waals surface area (Å²) >= 11 is 5.86. The Morgan fingerprint density at radius 2 is 1.58 bits per heavy atom. The topological polar surface area (TPSA) is 47.6 Å². The van der Waals surface area contributed by atoms with E-state index in [1.165, 1.54) is 0 Å². The van der Waals surface area contributed by atoms with Crippen molar-refractivity contribution in [3.63, 3.8) is 0 Å². The standard InChI is InChI=1S/C21H18ClNO3/c1-2-25-20-5-3-4-15(14-20)21(24)23-17-8-12-19(13-9-17)26-18-10-6-16(22)7-11-18/h3-14H,2H2,1H3,(H,23,24). The fraction of sp³-hybridized carbons (Fsp3) is 0.0952. The smallest absolute Gasteiger partial charge is 0.255 e. The van der Waals surface area contributed by atoms with Crippen LogP contribution in [0, 0.1) is 0 Å². The fourth-order valence-corrected chi connectivity index (χ4v) is 2.47. The highest BCUT2D eigenvalue weighted by Crippen LogP contribution is 2.24. The van der Waals surface area contributed by atoms with E-state index in [-0.39, 0.29) is 5.91 Å². The van der Waals surface area contributed by atoms with Crippen LogP contribution in [0.1, 0.15) is 17.3 Å². The third kappa shape index (κ3) is 4.77. The predicted molar refractivity (Wildman–Crippen MR) is 104 cm³/mol. The van der Waals surface area contributed by atoms with E-state index < -0.39 is 0 Å². The molecule has 0 unspecified atom stereocenters. The van der Waals surface area contributed by atoms with Gasteiger partial charge >= 0.3 is 0 Å². The number of hydrogen-bond donors (Lipinski definition) is 1.